The van der Waals surface area contributed by atoms with Crippen molar-refractivity contribution in [2.24, 2.45) is 11.8 Å². The number of benzene rings is 2. The fourth-order valence-electron chi connectivity index (χ4n) is 5.68. The topological polar surface area (TPSA) is 99.2 Å². The van der Waals surface area contributed by atoms with Gasteiger partial charge >= 0.3 is 0 Å². The van der Waals surface area contributed by atoms with Crippen molar-refractivity contribution in [2.75, 3.05) is 12.3 Å². The van der Waals surface area contributed by atoms with E-state index in [0.29, 0.717) is 23.3 Å². The van der Waals surface area contributed by atoms with E-state index in [2.05, 4.69) is 21.8 Å². The van der Waals surface area contributed by atoms with E-state index in [1.54, 1.807) is 0 Å². The Morgan fingerprint density at radius 3 is 2.49 bits per heavy atom. The quantitative estimate of drug-likeness (QED) is 0.425. The van der Waals surface area contributed by atoms with Gasteiger partial charge in [-0.3, -0.25) is 4.79 Å². The SMILES string of the molecule is Nc1ncnc2c1c(-c1ccc(Oc3ccccc3)cc1)nn2C1CC2CC1N(C(=O)C#CC1CC1)C2. The zero-order valence-electron chi connectivity index (χ0n) is 20.2. The average Bonchev–Trinajstić information content (AvgIpc) is 3.34. The number of carbonyl (C=O) groups is 1. The van der Waals surface area contributed by atoms with Crippen LogP contribution in [0.15, 0.2) is 60.9 Å². The fraction of sp³-hybridized carbons (Fsp3) is 0.310. The molecule has 2 N–H and O–H groups in total. The van der Waals surface area contributed by atoms with Gasteiger partial charge in [-0.1, -0.05) is 24.1 Å². The van der Waals surface area contributed by atoms with Gasteiger partial charge in [-0.25, -0.2) is 14.6 Å². The van der Waals surface area contributed by atoms with Gasteiger partial charge in [-0.05, 0) is 73.9 Å². The summed E-state index contributed by atoms with van der Waals surface area (Å²) in [4.78, 5) is 23.7. The Bertz CT molecular complexity index is 1550. The molecule has 37 heavy (non-hydrogen) atoms. The van der Waals surface area contributed by atoms with Crippen LogP contribution < -0.4 is 10.5 Å². The lowest BCUT2D eigenvalue weighted by Crippen LogP contribution is -2.42. The first-order valence-electron chi connectivity index (χ1n) is 12.8. The van der Waals surface area contributed by atoms with E-state index in [1.165, 1.54) is 6.33 Å². The number of amides is 1. The highest BCUT2D eigenvalue weighted by Gasteiger charge is 2.48. The van der Waals surface area contributed by atoms with Gasteiger partial charge in [-0.15, -0.1) is 0 Å². The van der Waals surface area contributed by atoms with Crippen molar-refractivity contribution in [3.8, 4) is 34.6 Å². The molecule has 3 unspecified atom stereocenters. The number of hydrogen-bond acceptors (Lipinski definition) is 6. The molecule has 0 radical (unpaired) electrons. The Morgan fingerprint density at radius 2 is 1.73 bits per heavy atom. The lowest BCUT2D eigenvalue weighted by atomic mass is 10.1. The highest BCUT2D eigenvalue weighted by atomic mass is 16.5. The number of nitrogen functional groups attached to an aromatic ring is 1. The van der Waals surface area contributed by atoms with Crippen molar-refractivity contribution < 1.29 is 9.53 Å². The van der Waals surface area contributed by atoms with Crippen molar-refractivity contribution >= 4 is 22.8 Å². The molecular weight excluding hydrogens is 464 g/mol. The van der Waals surface area contributed by atoms with E-state index in [0.717, 1.165) is 60.4 Å². The third-order valence-corrected chi connectivity index (χ3v) is 7.61. The highest BCUT2D eigenvalue weighted by molar-refractivity contribution is 5.98. The summed E-state index contributed by atoms with van der Waals surface area (Å²) in [5.74, 6) is 8.70. The summed E-state index contributed by atoms with van der Waals surface area (Å²) >= 11 is 0. The number of ether oxygens (including phenoxy) is 1. The lowest BCUT2D eigenvalue weighted by molar-refractivity contribution is -0.127. The molecule has 8 nitrogen and oxygen atoms in total. The Balaban J connectivity index is 1.22. The zero-order valence-corrected chi connectivity index (χ0v) is 20.2. The van der Waals surface area contributed by atoms with E-state index in [9.17, 15) is 4.79 Å². The second-order valence-electron chi connectivity index (χ2n) is 10.2. The van der Waals surface area contributed by atoms with Crippen molar-refractivity contribution in [1.82, 2.24) is 24.6 Å². The van der Waals surface area contributed by atoms with Gasteiger partial charge in [0.2, 0.25) is 0 Å². The van der Waals surface area contributed by atoms with E-state index < -0.39 is 0 Å². The maximum Gasteiger partial charge on any atom is 0.298 e. The summed E-state index contributed by atoms with van der Waals surface area (Å²) in [6.45, 7) is 0.769. The number of hydrogen-bond donors (Lipinski definition) is 1. The Morgan fingerprint density at radius 1 is 0.973 bits per heavy atom. The van der Waals surface area contributed by atoms with Crippen LogP contribution >= 0.6 is 0 Å². The van der Waals surface area contributed by atoms with Gasteiger partial charge < -0.3 is 15.4 Å². The Hall–Kier alpha value is -4.38. The number of anilines is 1. The normalized spacial score (nSPS) is 22.2. The maximum absolute atomic E-state index is 12.9. The first-order chi connectivity index (χ1) is 18.1. The Kier molecular flexibility index (Phi) is 5.10. The second-order valence-corrected chi connectivity index (χ2v) is 10.2. The lowest BCUT2D eigenvalue weighted by Gasteiger charge is -2.32. The number of aromatic nitrogens is 4. The molecule has 2 aromatic carbocycles. The largest absolute Gasteiger partial charge is 0.457 e. The summed E-state index contributed by atoms with van der Waals surface area (Å²) < 4.78 is 7.92. The van der Waals surface area contributed by atoms with Crippen LogP contribution in [0.2, 0.25) is 0 Å². The van der Waals surface area contributed by atoms with Crippen molar-refractivity contribution in [3.05, 3.63) is 60.9 Å². The van der Waals surface area contributed by atoms with Crippen LogP contribution in [-0.4, -0.2) is 43.1 Å². The molecule has 3 aliphatic rings. The van der Waals surface area contributed by atoms with Gasteiger partial charge in [0.05, 0.1) is 17.5 Å². The number of para-hydroxylation sites is 1. The van der Waals surface area contributed by atoms with Crippen molar-refractivity contribution in [3.63, 3.8) is 0 Å². The molecule has 1 saturated heterocycles. The molecule has 2 bridgehead atoms. The van der Waals surface area contributed by atoms with E-state index >= 15 is 0 Å². The number of nitrogens with zero attached hydrogens (tertiary/aromatic N) is 5. The predicted octanol–water partition coefficient (Wildman–Crippen LogP) is 4.44. The van der Waals surface area contributed by atoms with E-state index in [1.807, 2.05) is 64.2 Å². The molecule has 1 aliphatic heterocycles. The molecule has 2 aliphatic carbocycles. The number of fused-ring (bicyclic) bond motifs is 3. The molecule has 184 valence electrons. The molecule has 4 aromatic rings. The molecule has 3 heterocycles. The zero-order chi connectivity index (χ0) is 24.9. The monoisotopic (exact) mass is 490 g/mol. The third kappa shape index (κ3) is 3.97. The Labute approximate surface area is 214 Å². The minimum absolute atomic E-state index is 0.0247. The average molecular weight is 491 g/mol. The number of likely N-dealkylation sites (tertiary alicyclic amines) is 1. The minimum atomic E-state index is -0.0658. The standard InChI is InChI=1S/C29H26N6O2/c30-28-26-27(20-9-11-22(12-10-20)37-21-4-2-1-3-5-21)33-35(29(26)32-17-31-28)24-15-19-14-23(24)34(16-19)25(36)13-8-18-6-7-18/h1-5,9-12,17-19,23-24H,6-7,14-16H2,(H2,30,31,32). The highest BCUT2D eigenvalue weighted by Crippen LogP contribution is 2.46. The van der Waals surface area contributed by atoms with Crippen molar-refractivity contribution in [1.29, 1.82) is 0 Å². The molecule has 8 heteroatoms. The fourth-order valence-corrected chi connectivity index (χ4v) is 5.68. The smallest absolute Gasteiger partial charge is 0.298 e. The van der Waals surface area contributed by atoms with Crippen LogP contribution in [0.5, 0.6) is 11.5 Å². The molecular formula is C29H26N6O2. The molecule has 2 aromatic heterocycles. The van der Waals surface area contributed by atoms with Gasteiger partial charge in [0.15, 0.2) is 5.65 Å². The van der Waals surface area contributed by atoms with Crippen LogP contribution in [0.4, 0.5) is 5.82 Å². The number of rotatable bonds is 4. The second kappa shape index (κ2) is 8.63. The summed E-state index contributed by atoms with van der Waals surface area (Å²) in [6, 6.07) is 17.5. The molecule has 3 atom stereocenters. The van der Waals surface area contributed by atoms with Crippen LogP contribution in [-0.2, 0) is 4.79 Å². The van der Waals surface area contributed by atoms with Crippen molar-refractivity contribution in [2.45, 2.75) is 37.8 Å². The molecule has 2 saturated carbocycles. The van der Waals surface area contributed by atoms with E-state index in [-0.39, 0.29) is 18.0 Å². The van der Waals surface area contributed by atoms with Crippen LogP contribution in [0.3, 0.4) is 0 Å². The molecule has 7 rings (SSSR count). The predicted molar refractivity (Wildman–Crippen MR) is 139 cm³/mol. The van der Waals surface area contributed by atoms with Crippen LogP contribution in [0, 0.1) is 23.7 Å². The molecule has 3 fully saturated rings. The third-order valence-electron chi connectivity index (χ3n) is 7.61. The van der Waals surface area contributed by atoms with E-state index in [4.69, 9.17) is 15.6 Å². The van der Waals surface area contributed by atoms with Gasteiger partial charge in [0.25, 0.3) is 5.91 Å². The summed E-state index contributed by atoms with van der Waals surface area (Å²) in [6.07, 6.45) is 5.61. The first-order valence-corrected chi connectivity index (χ1v) is 12.8. The summed E-state index contributed by atoms with van der Waals surface area (Å²) in [5, 5.41) is 5.76. The summed E-state index contributed by atoms with van der Waals surface area (Å²) in [5.41, 5.74) is 8.68. The number of carbonyl (C=O) groups excluding carboxylic acids is 1. The molecule has 1 amide bonds. The summed E-state index contributed by atoms with van der Waals surface area (Å²) in [7, 11) is 0. The van der Waals surface area contributed by atoms with Crippen LogP contribution in [0.1, 0.15) is 31.7 Å². The minimum Gasteiger partial charge on any atom is -0.457 e. The number of piperidine rings is 1. The van der Waals surface area contributed by atoms with Gasteiger partial charge in [-0.2, -0.15) is 5.10 Å². The first kappa shape index (κ1) is 21.9. The van der Waals surface area contributed by atoms with Crippen LogP contribution in [0.25, 0.3) is 22.3 Å². The molecule has 0 spiro atoms. The van der Waals surface area contributed by atoms with Gasteiger partial charge in [0.1, 0.15) is 29.3 Å². The number of nitrogens with two attached hydrogens (primary N) is 1. The van der Waals surface area contributed by atoms with Gasteiger partial charge in [0, 0.05) is 18.0 Å². The maximum atomic E-state index is 12.9.